The highest BCUT2D eigenvalue weighted by Crippen LogP contribution is 2.20. The highest BCUT2D eigenvalue weighted by molar-refractivity contribution is 5.97. The molecule has 1 rings (SSSR count). The second-order valence-corrected chi connectivity index (χ2v) is 3.55. The molecule has 15 heavy (non-hydrogen) atoms. The number of Topliss-reactive ketones (excluding diaryl/α,β-unsaturated/α-hetero) is 2. The fourth-order valence-corrected chi connectivity index (χ4v) is 1.22. The summed E-state index contributed by atoms with van der Waals surface area (Å²) in [6.07, 6.45) is 0. The Morgan fingerprint density at radius 2 is 1.93 bits per heavy atom. The summed E-state index contributed by atoms with van der Waals surface area (Å²) >= 11 is 0. The molecule has 1 aromatic carbocycles. The highest BCUT2D eigenvalue weighted by Gasteiger charge is 2.08. The lowest BCUT2D eigenvalue weighted by molar-refractivity contribution is -0.118. The number of hydrogen-bond donors (Lipinski definition) is 0. The Hall–Kier alpha value is -1.64. The van der Waals surface area contributed by atoms with Crippen LogP contribution in [0.3, 0.4) is 0 Å². The van der Waals surface area contributed by atoms with E-state index in [0.717, 1.165) is 5.56 Å². The van der Waals surface area contributed by atoms with E-state index in [0.29, 0.717) is 11.3 Å². The lowest BCUT2D eigenvalue weighted by Gasteiger charge is -2.08. The molecular formula is C12H14O3. The second-order valence-electron chi connectivity index (χ2n) is 3.55. The van der Waals surface area contributed by atoms with Gasteiger partial charge in [0.15, 0.2) is 11.6 Å². The maximum Gasteiger partial charge on any atom is 0.167 e. The van der Waals surface area contributed by atoms with Gasteiger partial charge in [-0.1, -0.05) is 6.07 Å². The molecule has 0 saturated heterocycles. The SMILES string of the molecule is CC(=O)COc1cc(C)ccc1C(C)=O. The number of carbonyl (C=O) groups excluding carboxylic acids is 2. The number of rotatable bonds is 4. The van der Waals surface area contributed by atoms with Crippen LogP contribution in [0, 0.1) is 6.92 Å². The third kappa shape index (κ3) is 3.20. The molecule has 0 N–H and O–H groups in total. The van der Waals surface area contributed by atoms with Crippen molar-refractivity contribution in [3.8, 4) is 5.75 Å². The number of benzene rings is 1. The van der Waals surface area contributed by atoms with Crippen molar-refractivity contribution in [2.45, 2.75) is 20.8 Å². The van der Waals surface area contributed by atoms with Gasteiger partial charge < -0.3 is 4.74 Å². The van der Waals surface area contributed by atoms with Gasteiger partial charge in [-0.3, -0.25) is 9.59 Å². The van der Waals surface area contributed by atoms with Crippen LogP contribution in [0.2, 0.25) is 0 Å². The van der Waals surface area contributed by atoms with E-state index in [1.165, 1.54) is 13.8 Å². The number of ether oxygens (including phenoxy) is 1. The average molecular weight is 206 g/mol. The Bertz CT molecular complexity index is 394. The fraction of sp³-hybridized carbons (Fsp3) is 0.333. The van der Waals surface area contributed by atoms with Gasteiger partial charge in [0.1, 0.15) is 12.4 Å². The first-order chi connectivity index (χ1) is 7.00. The van der Waals surface area contributed by atoms with Crippen molar-refractivity contribution in [1.29, 1.82) is 0 Å². The van der Waals surface area contributed by atoms with E-state index in [4.69, 9.17) is 4.74 Å². The Labute approximate surface area is 89.1 Å². The van der Waals surface area contributed by atoms with Gasteiger partial charge in [-0.25, -0.2) is 0 Å². The minimum Gasteiger partial charge on any atom is -0.485 e. The van der Waals surface area contributed by atoms with Crippen LogP contribution in [0.4, 0.5) is 0 Å². The summed E-state index contributed by atoms with van der Waals surface area (Å²) in [4.78, 5) is 22.0. The summed E-state index contributed by atoms with van der Waals surface area (Å²) in [6, 6.07) is 5.32. The average Bonchev–Trinajstić information content (AvgIpc) is 2.14. The first-order valence-electron chi connectivity index (χ1n) is 4.74. The monoisotopic (exact) mass is 206 g/mol. The van der Waals surface area contributed by atoms with Crippen LogP contribution in [0.25, 0.3) is 0 Å². The minimum atomic E-state index is -0.0639. The smallest absolute Gasteiger partial charge is 0.167 e. The molecule has 3 heteroatoms. The molecule has 0 aliphatic rings. The maximum atomic E-state index is 11.3. The topological polar surface area (TPSA) is 43.4 Å². The summed E-state index contributed by atoms with van der Waals surface area (Å²) < 4.78 is 5.27. The molecule has 0 aliphatic heterocycles. The van der Waals surface area contributed by atoms with E-state index in [1.807, 2.05) is 13.0 Å². The van der Waals surface area contributed by atoms with Crippen molar-refractivity contribution in [2.75, 3.05) is 6.61 Å². The summed E-state index contributed by atoms with van der Waals surface area (Å²) in [7, 11) is 0. The van der Waals surface area contributed by atoms with Crippen molar-refractivity contribution in [3.63, 3.8) is 0 Å². The first-order valence-corrected chi connectivity index (χ1v) is 4.74. The molecule has 0 spiro atoms. The number of aryl methyl sites for hydroxylation is 1. The normalized spacial score (nSPS) is 9.80. The third-order valence-corrected chi connectivity index (χ3v) is 1.95. The summed E-state index contributed by atoms with van der Waals surface area (Å²) in [5.74, 6) is 0.359. The third-order valence-electron chi connectivity index (χ3n) is 1.95. The van der Waals surface area contributed by atoms with Gasteiger partial charge in [0.25, 0.3) is 0 Å². The largest absolute Gasteiger partial charge is 0.485 e. The van der Waals surface area contributed by atoms with Gasteiger partial charge >= 0.3 is 0 Å². The van der Waals surface area contributed by atoms with E-state index >= 15 is 0 Å². The first kappa shape index (κ1) is 11.4. The molecule has 0 bridgehead atoms. The van der Waals surface area contributed by atoms with E-state index in [-0.39, 0.29) is 18.2 Å². The molecule has 0 heterocycles. The number of hydrogen-bond acceptors (Lipinski definition) is 3. The predicted molar refractivity (Wildman–Crippen MR) is 57.4 cm³/mol. The molecule has 80 valence electrons. The molecule has 0 aliphatic carbocycles. The van der Waals surface area contributed by atoms with E-state index in [2.05, 4.69) is 0 Å². The van der Waals surface area contributed by atoms with Gasteiger partial charge in [0, 0.05) is 0 Å². The Kier molecular flexibility index (Phi) is 3.61. The molecule has 0 radical (unpaired) electrons. The highest BCUT2D eigenvalue weighted by atomic mass is 16.5. The van der Waals surface area contributed by atoms with Gasteiger partial charge in [-0.05, 0) is 38.5 Å². The van der Waals surface area contributed by atoms with Crippen LogP contribution in [0.15, 0.2) is 18.2 Å². The van der Waals surface area contributed by atoms with Gasteiger partial charge in [0.2, 0.25) is 0 Å². The maximum absolute atomic E-state index is 11.3. The molecule has 0 atom stereocenters. The molecule has 0 saturated carbocycles. The van der Waals surface area contributed by atoms with Crippen LogP contribution in [0.1, 0.15) is 29.8 Å². The lowest BCUT2D eigenvalue weighted by Crippen LogP contribution is -2.09. The minimum absolute atomic E-state index is 0.00370. The summed E-state index contributed by atoms with van der Waals surface area (Å²) in [5, 5.41) is 0. The zero-order valence-corrected chi connectivity index (χ0v) is 9.16. The van der Waals surface area contributed by atoms with Crippen LogP contribution in [0.5, 0.6) is 5.75 Å². The van der Waals surface area contributed by atoms with E-state index < -0.39 is 0 Å². The fourth-order valence-electron chi connectivity index (χ4n) is 1.22. The lowest BCUT2D eigenvalue weighted by atomic mass is 10.1. The summed E-state index contributed by atoms with van der Waals surface area (Å²) in [5.41, 5.74) is 1.51. The van der Waals surface area contributed by atoms with Gasteiger partial charge in [0.05, 0.1) is 5.56 Å². The standard InChI is InChI=1S/C12H14O3/c1-8-4-5-11(10(3)14)12(6-8)15-7-9(2)13/h4-6H,7H2,1-3H3. The Morgan fingerprint density at radius 3 is 2.47 bits per heavy atom. The molecule has 3 nitrogen and oxygen atoms in total. The van der Waals surface area contributed by atoms with Crippen LogP contribution in [-0.4, -0.2) is 18.2 Å². The Balaban J connectivity index is 2.96. The van der Waals surface area contributed by atoms with Crippen LogP contribution >= 0.6 is 0 Å². The molecule has 1 aromatic rings. The number of carbonyl (C=O) groups is 2. The van der Waals surface area contributed by atoms with Crippen molar-refractivity contribution < 1.29 is 14.3 Å². The van der Waals surface area contributed by atoms with Crippen molar-refractivity contribution >= 4 is 11.6 Å². The zero-order valence-electron chi connectivity index (χ0n) is 9.16. The molecule has 0 fully saturated rings. The van der Waals surface area contributed by atoms with Crippen molar-refractivity contribution in [2.24, 2.45) is 0 Å². The second kappa shape index (κ2) is 4.73. The number of ketones is 2. The molecule has 0 aromatic heterocycles. The van der Waals surface area contributed by atoms with E-state index in [1.54, 1.807) is 12.1 Å². The van der Waals surface area contributed by atoms with Crippen molar-refractivity contribution in [3.05, 3.63) is 29.3 Å². The molecule has 0 amide bonds. The van der Waals surface area contributed by atoms with Gasteiger partial charge in [-0.2, -0.15) is 0 Å². The molecular weight excluding hydrogens is 192 g/mol. The van der Waals surface area contributed by atoms with E-state index in [9.17, 15) is 9.59 Å². The zero-order chi connectivity index (χ0) is 11.4. The quantitative estimate of drug-likeness (QED) is 0.709. The van der Waals surface area contributed by atoms with Crippen LogP contribution < -0.4 is 4.74 Å². The summed E-state index contributed by atoms with van der Waals surface area (Å²) in [6.45, 7) is 4.84. The van der Waals surface area contributed by atoms with Gasteiger partial charge in [-0.15, -0.1) is 0 Å². The Morgan fingerprint density at radius 1 is 1.27 bits per heavy atom. The predicted octanol–water partition coefficient (Wildman–Crippen LogP) is 2.17. The molecule has 0 unspecified atom stereocenters. The van der Waals surface area contributed by atoms with Crippen LogP contribution in [-0.2, 0) is 4.79 Å². The van der Waals surface area contributed by atoms with Crippen molar-refractivity contribution in [1.82, 2.24) is 0 Å².